The molecule has 0 unspecified atom stereocenters. The van der Waals surface area contributed by atoms with Crippen LogP contribution in [0.25, 0.3) is 5.57 Å². The number of rotatable bonds is 6. The summed E-state index contributed by atoms with van der Waals surface area (Å²) < 4.78 is 5.32. The minimum absolute atomic E-state index is 0.0669. The summed E-state index contributed by atoms with van der Waals surface area (Å²) in [7, 11) is 0. The standard InChI is InChI=1S/C40H49N3O6/c1-8-31(41-36(48)49-37(2,3)4)33(44)42-24-21-40(22-25-42,29-12-10-9-11-13-29)35(47)43-23-19-32-38(5,6)30(18-20-39(32,7)26-43)27-14-16-28(17-15-27)34(45)46/h9-19H,8,20-26H2,1-7H3,(H,45,46)/b41-31+/t39-/m1/s1. The first-order valence-corrected chi connectivity index (χ1v) is 17.2. The summed E-state index contributed by atoms with van der Waals surface area (Å²) in [5.41, 5.74) is 2.71. The molecule has 49 heavy (non-hydrogen) atoms. The molecule has 1 saturated heterocycles. The fraction of sp³-hybridized carbons (Fsp3) is 0.475. The quantitative estimate of drug-likeness (QED) is 0.255. The van der Waals surface area contributed by atoms with Crippen molar-refractivity contribution in [2.24, 2.45) is 15.8 Å². The predicted molar refractivity (Wildman–Crippen MR) is 190 cm³/mol. The zero-order valence-corrected chi connectivity index (χ0v) is 29.8. The van der Waals surface area contributed by atoms with Crippen molar-refractivity contribution in [2.75, 3.05) is 26.2 Å². The lowest BCUT2D eigenvalue weighted by Crippen LogP contribution is -2.57. The Morgan fingerprint density at radius 1 is 0.898 bits per heavy atom. The monoisotopic (exact) mass is 667 g/mol. The third kappa shape index (κ3) is 7.12. The molecule has 9 nitrogen and oxygen atoms in total. The average molecular weight is 668 g/mol. The molecule has 0 radical (unpaired) electrons. The number of carboxylic acids is 1. The Hall–Kier alpha value is -4.53. The van der Waals surface area contributed by atoms with E-state index in [4.69, 9.17) is 4.74 Å². The maximum atomic E-state index is 14.8. The van der Waals surface area contributed by atoms with Gasteiger partial charge in [0.05, 0.1) is 11.0 Å². The Morgan fingerprint density at radius 3 is 2.10 bits per heavy atom. The van der Waals surface area contributed by atoms with E-state index in [9.17, 15) is 24.3 Å². The number of carbonyl (C=O) groups is 4. The van der Waals surface area contributed by atoms with Gasteiger partial charge in [0, 0.05) is 37.0 Å². The largest absolute Gasteiger partial charge is 0.478 e. The van der Waals surface area contributed by atoms with Gasteiger partial charge < -0.3 is 19.6 Å². The van der Waals surface area contributed by atoms with Gasteiger partial charge in [-0.1, -0.05) is 87.9 Å². The fourth-order valence-electron chi connectivity index (χ4n) is 7.99. The molecule has 0 aromatic heterocycles. The minimum Gasteiger partial charge on any atom is -0.478 e. The molecule has 2 heterocycles. The van der Waals surface area contributed by atoms with Crippen LogP contribution in [0.5, 0.6) is 0 Å². The number of carboxylic acid groups (broad SMARTS) is 1. The minimum atomic E-state index is -0.945. The second-order valence-corrected chi connectivity index (χ2v) is 15.3. The Kier molecular flexibility index (Phi) is 9.79. The predicted octanol–water partition coefficient (Wildman–Crippen LogP) is 7.32. The van der Waals surface area contributed by atoms with Gasteiger partial charge in [-0.05, 0) is 75.3 Å². The number of piperidine rings is 1. The third-order valence-electron chi connectivity index (χ3n) is 10.4. The number of nitrogens with zero attached hydrogens (tertiary/aromatic N) is 3. The Balaban J connectivity index is 1.37. The number of amides is 3. The zero-order valence-electron chi connectivity index (χ0n) is 29.8. The SMILES string of the molecule is CC/C(=N\C(=O)OC(C)(C)C)C(=O)N1CCC(C(=O)N2CC=C3C(C)(C)C(c4ccc(C(=O)O)cc4)=CC[C@]3(C)C2)(c2ccccc2)CC1. The molecule has 0 bridgehead atoms. The van der Waals surface area contributed by atoms with E-state index in [-0.39, 0.29) is 33.9 Å². The van der Waals surface area contributed by atoms with Crippen molar-refractivity contribution in [3.63, 3.8) is 0 Å². The van der Waals surface area contributed by atoms with Crippen molar-refractivity contribution in [3.8, 4) is 0 Å². The van der Waals surface area contributed by atoms with E-state index in [1.807, 2.05) is 47.4 Å². The van der Waals surface area contributed by atoms with E-state index in [0.29, 0.717) is 45.4 Å². The van der Waals surface area contributed by atoms with Gasteiger partial charge in [-0.2, -0.15) is 4.99 Å². The van der Waals surface area contributed by atoms with Gasteiger partial charge >= 0.3 is 12.1 Å². The number of hydrogen-bond donors (Lipinski definition) is 1. The number of hydrogen-bond acceptors (Lipinski definition) is 5. The summed E-state index contributed by atoms with van der Waals surface area (Å²) in [6.45, 7) is 15.5. The summed E-state index contributed by atoms with van der Waals surface area (Å²) in [5.74, 6) is -1.18. The zero-order chi connectivity index (χ0) is 35.8. The first kappa shape index (κ1) is 35.8. The molecular weight excluding hydrogens is 618 g/mol. The molecule has 0 spiro atoms. The molecule has 1 fully saturated rings. The lowest BCUT2D eigenvalue weighted by molar-refractivity contribution is -0.142. The Bertz CT molecular complexity index is 1710. The van der Waals surface area contributed by atoms with Gasteiger partial charge in [-0.3, -0.25) is 9.59 Å². The van der Waals surface area contributed by atoms with Crippen molar-refractivity contribution < 1.29 is 29.0 Å². The van der Waals surface area contributed by atoms with Gasteiger partial charge in [0.1, 0.15) is 11.3 Å². The topological polar surface area (TPSA) is 117 Å². The number of likely N-dealkylation sites (tertiary alicyclic amines) is 1. The molecule has 9 heteroatoms. The lowest BCUT2D eigenvalue weighted by Gasteiger charge is -2.52. The molecule has 2 aromatic rings. The summed E-state index contributed by atoms with van der Waals surface area (Å²) in [6, 6.07) is 16.9. The molecule has 260 valence electrons. The molecule has 3 aliphatic rings. The van der Waals surface area contributed by atoms with Gasteiger partial charge in [-0.15, -0.1) is 0 Å². The van der Waals surface area contributed by atoms with Crippen molar-refractivity contribution in [3.05, 3.63) is 89.0 Å². The summed E-state index contributed by atoms with van der Waals surface area (Å²) in [4.78, 5) is 59.9. The van der Waals surface area contributed by atoms with Crippen LogP contribution in [0.2, 0.25) is 0 Å². The highest BCUT2D eigenvalue weighted by atomic mass is 16.6. The van der Waals surface area contributed by atoms with Crippen LogP contribution in [-0.2, 0) is 19.7 Å². The van der Waals surface area contributed by atoms with Crippen molar-refractivity contribution in [1.29, 1.82) is 0 Å². The third-order valence-corrected chi connectivity index (χ3v) is 10.4. The Labute approximate surface area is 289 Å². The van der Waals surface area contributed by atoms with Crippen molar-refractivity contribution >= 4 is 35.2 Å². The highest BCUT2D eigenvalue weighted by Crippen LogP contribution is 2.55. The van der Waals surface area contributed by atoms with E-state index in [1.54, 1.807) is 44.7 Å². The van der Waals surface area contributed by atoms with Crippen LogP contribution in [0.15, 0.2) is 77.3 Å². The molecule has 1 atom stereocenters. The lowest BCUT2D eigenvalue weighted by atomic mass is 9.58. The van der Waals surface area contributed by atoms with Crippen LogP contribution < -0.4 is 0 Å². The molecule has 2 aromatic carbocycles. The second-order valence-electron chi connectivity index (χ2n) is 15.3. The van der Waals surface area contributed by atoms with E-state index < -0.39 is 23.1 Å². The molecule has 1 N–H and O–H groups in total. The molecule has 0 saturated carbocycles. The number of allylic oxidation sites excluding steroid dienone is 2. The van der Waals surface area contributed by atoms with Gasteiger partial charge in [0.25, 0.3) is 5.91 Å². The van der Waals surface area contributed by atoms with Gasteiger partial charge in [0.2, 0.25) is 5.91 Å². The first-order chi connectivity index (χ1) is 23.0. The summed E-state index contributed by atoms with van der Waals surface area (Å²) in [5, 5.41) is 9.37. The number of carbonyl (C=O) groups excluding carboxylic acids is 3. The first-order valence-electron chi connectivity index (χ1n) is 17.2. The van der Waals surface area contributed by atoms with E-state index in [2.05, 4.69) is 37.9 Å². The van der Waals surface area contributed by atoms with Crippen LogP contribution in [0.3, 0.4) is 0 Å². The van der Waals surface area contributed by atoms with Crippen LogP contribution in [0, 0.1) is 10.8 Å². The summed E-state index contributed by atoms with van der Waals surface area (Å²) >= 11 is 0. The highest BCUT2D eigenvalue weighted by molar-refractivity contribution is 6.40. The Morgan fingerprint density at radius 2 is 1.53 bits per heavy atom. The van der Waals surface area contributed by atoms with E-state index >= 15 is 0 Å². The van der Waals surface area contributed by atoms with E-state index in [0.717, 1.165) is 23.1 Å². The van der Waals surface area contributed by atoms with Crippen molar-refractivity contribution in [1.82, 2.24) is 9.80 Å². The molecule has 2 aliphatic heterocycles. The van der Waals surface area contributed by atoms with Gasteiger partial charge in [0.15, 0.2) is 0 Å². The number of aromatic carboxylic acids is 1. The maximum Gasteiger partial charge on any atom is 0.434 e. The van der Waals surface area contributed by atoms with Crippen LogP contribution >= 0.6 is 0 Å². The molecule has 1 aliphatic carbocycles. The van der Waals surface area contributed by atoms with E-state index in [1.165, 1.54) is 5.57 Å². The smallest absolute Gasteiger partial charge is 0.434 e. The van der Waals surface area contributed by atoms with Crippen molar-refractivity contribution in [2.45, 2.75) is 85.2 Å². The molecule has 5 rings (SSSR count). The average Bonchev–Trinajstić information content (AvgIpc) is 3.05. The number of benzene rings is 2. The van der Waals surface area contributed by atoms with Gasteiger partial charge in [-0.25, -0.2) is 9.59 Å². The van der Waals surface area contributed by atoms with Crippen LogP contribution in [0.1, 0.15) is 95.6 Å². The number of aliphatic imine (C=N–C) groups is 1. The number of ether oxygens (including phenoxy) is 1. The van der Waals surface area contributed by atoms with Crippen LogP contribution in [0.4, 0.5) is 4.79 Å². The number of fused-ring (bicyclic) bond motifs is 1. The normalized spacial score (nSPS) is 22.0. The maximum absolute atomic E-state index is 14.8. The second kappa shape index (κ2) is 13.4. The molecular formula is C40H49N3O6. The summed E-state index contributed by atoms with van der Waals surface area (Å²) in [6.07, 6.45) is 5.64. The molecule has 3 amide bonds. The van der Waals surface area contributed by atoms with Crippen LogP contribution in [-0.4, -0.2) is 76.3 Å². The fourth-order valence-corrected chi connectivity index (χ4v) is 7.99. The highest BCUT2D eigenvalue weighted by Gasteiger charge is 2.51.